The first-order valence-corrected chi connectivity index (χ1v) is 10.9. The summed E-state index contributed by atoms with van der Waals surface area (Å²) in [4.78, 5) is 27.9. The second kappa shape index (κ2) is 9.92. The van der Waals surface area contributed by atoms with Gasteiger partial charge in [-0.3, -0.25) is 14.5 Å². The SMILES string of the molecule is COc1cc(OC)c(F)c(N(CC(=O)NC(C)C)c2ccc3ncc(-c4cnn(C)c4)nc3n2)c1. The Hall–Kier alpha value is -4.28. The van der Waals surface area contributed by atoms with E-state index in [-0.39, 0.29) is 29.9 Å². The quantitative estimate of drug-likeness (QED) is 0.410. The third kappa shape index (κ3) is 5.13. The molecule has 0 bridgehead atoms. The third-order valence-corrected chi connectivity index (χ3v) is 5.16. The number of nitrogens with zero attached hydrogens (tertiary/aromatic N) is 6. The first-order chi connectivity index (χ1) is 16.8. The minimum absolute atomic E-state index is 0.0203. The van der Waals surface area contributed by atoms with Gasteiger partial charge >= 0.3 is 0 Å². The number of pyridine rings is 1. The number of rotatable bonds is 8. The number of nitrogens with one attached hydrogen (secondary N) is 1. The van der Waals surface area contributed by atoms with Crippen molar-refractivity contribution >= 4 is 28.6 Å². The molecule has 10 nitrogen and oxygen atoms in total. The van der Waals surface area contributed by atoms with E-state index in [0.717, 1.165) is 5.56 Å². The molecule has 0 spiro atoms. The highest BCUT2D eigenvalue weighted by molar-refractivity contribution is 5.85. The van der Waals surface area contributed by atoms with E-state index in [1.165, 1.54) is 31.3 Å². The molecule has 0 fully saturated rings. The zero-order chi connectivity index (χ0) is 25.1. The summed E-state index contributed by atoms with van der Waals surface area (Å²) >= 11 is 0. The van der Waals surface area contributed by atoms with Crippen LogP contribution in [0.2, 0.25) is 0 Å². The Morgan fingerprint density at radius 3 is 2.63 bits per heavy atom. The van der Waals surface area contributed by atoms with Crippen LogP contribution in [0.4, 0.5) is 15.9 Å². The highest BCUT2D eigenvalue weighted by Crippen LogP contribution is 2.36. The number of carbonyl (C=O) groups is 1. The van der Waals surface area contributed by atoms with E-state index in [0.29, 0.717) is 28.4 Å². The third-order valence-electron chi connectivity index (χ3n) is 5.16. The van der Waals surface area contributed by atoms with Crippen LogP contribution in [-0.4, -0.2) is 57.4 Å². The summed E-state index contributed by atoms with van der Waals surface area (Å²) in [7, 11) is 4.64. The van der Waals surface area contributed by atoms with Crippen molar-refractivity contribution in [3.05, 3.63) is 48.7 Å². The predicted octanol–water partition coefficient (Wildman–Crippen LogP) is 3.24. The van der Waals surface area contributed by atoms with Gasteiger partial charge in [0.25, 0.3) is 0 Å². The van der Waals surface area contributed by atoms with Crippen LogP contribution in [0.3, 0.4) is 0 Å². The molecule has 0 saturated carbocycles. The van der Waals surface area contributed by atoms with Crippen molar-refractivity contribution in [2.75, 3.05) is 25.7 Å². The fraction of sp³-hybridized carbons (Fsp3) is 0.292. The van der Waals surface area contributed by atoms with Crippen molar-refractivity contribution in [2.24, 2.45) is 7.05 Å². The van der Waals surface area contributed by atoms with Crippen molar-refractivity contribution in [2.45, 2.75) is 19.9 Å². The lowest BCUT2D eigenvalue weighted by atomic mass is 10.2. The first kappa shape index (κ1) is 23.9. The molecule has 3 aromatic heterocycles. The van der Waals surface area contributed by atoms with Crippen molar-refractivity contribution in [1.29, 1.82) is 0 Å². The molecule has 0 aliphatic heterocycles. The molecule has 35 heavy (non-hydrogen) atoms. The fourth-order valence-corrected chi connectivity index (χ4v) is 3.55. The molecule has 1 N–H and O–H groups in total. The predicted molar refractivity (Wildman–Crippen MR) is 129 cm³/mol. The van der Waals surface area contributed by atoms with Gasteiger partial charge in [-0.2, -0.15) is 5.10 Å². The number of aryl methyl sites for hydroxylation is 1. The van der Waals surface area contributed by atoms with Gasteiger partial charge in [0.1, 0.15) is 23.6 Å². The van der Waals surface area contributed by atoms with Crippen LogP contribution in [0.1, 0.15) is 13.8 Å². The van der Waals surface area contributed by atoms with Gasteiger partial charge in [0.2, 0.25) is 5.91 Å². The zero-order valence-corrected chi connectivity index (χ0v) is 20.1. The van der Waals surface area contributed by atoms with Crippen molar-refractivity contribution < 1.29 is 18.7 Å². The first-order valence-electron chi connectivity index (χ1n) is 10.9. The highest BCUT2D eigenvalue weighted by Gasteiger charge is 2.23. The minimum atomic E-state index is -0.650. The molecular weight excluding hydrogens is 453 g/mol. The topological polar surface area (TPSA) is 107 Å². The number of aromatic nitrogens is 5. The van der Waals surface area contributed by atoms with E-state index < -0.39 is 5.82 Å². The molecule has 0 aliphatic carbocycles. The molecular formula is C24H26FN7O3. The molecule has 0 aliphatic rings. The second-order valence-electron chi connectivity index (χ2n) is 8.14. The minimum Gasteiger partial charge on any atom is -0.497 e. The maximum absolute atomic E-state index is 15.4. The van der Waals surface area contributed by atoms with Crippen LogP contribution in [0.5, 0.6) is 11.5 Å². The van der Waals surface area contributed by atoms with Crippen LogP contribution < -0.4 is 19.7 Å². The van der Waals surface area contributed by atoms with E-state index in [1.54, 1.807) is 29.2 Å². The lowest BCUT2D eigenvalue weighted by Crippen LogP contribution is -2.39. The summed E-state index contributed by atoms with van der Waals surface area (Å²) in [5.41, 5.74) is 2.34. The van der Waals surface area contributed by atoms with Gasteiger partial charge in [0, 0.05) is 37.0 Å². The summed E-state index contributed by atoms with van der Waals surface area (Å²) < 4.78 is 27.6. The van der Waals surface area contributed by atoms with Gasteiger partial charge in [-0.25, -0.2) is 14.4 Å². The molecule has 0 atom stereocenters. The van der Waals surface area contributed by atoms with E-state index in [9.17, 15) is 4.79 Å². The summed E-state index contributed by atoms with van der Waals surface area (Å²) in [6, 6.07) is 6.22. The number of methoxy groups -OCH3 is 2. The van der Waals surface area contributed by atoms with Gasteiger partial charge < -0.3 is 19.7 Å². The van der Waals surface area contributed by atoms with Crippen LogP contribution in [-0.2, 0) is 11.8 Å². The van der Waals surface area contributed by atoms with Gasteiger partial charge in [0.15, 0.2) is 17.2 Å². The number of amides is 1. The molecule has 1 amide bonds. The Balaban J connectivity index is 1.84. The van der Waals surface area contributed by atoms with Crippen LogP contribution in [0.25, 0.3) is 22.4 Å². The molecule has 0 radical (unpaired) electrons. The van der Waals surface area contributed by atoms with Gasteiger partial charge in [0.05, 0.1) is 38.0 Å². The number of carbonyl (C=O) groups excluding carboxylic acids is 1. The van der Waals surface area contributed by atoms with Crippen LogP contribution in [0, 0.1) is 5.82 Å². The summed E-state index contributed by atoms with van der Waals surface area (Å²) in [6.07, 6.45) is 5.14. The van der Waals surface area contributed by atoms with Crippen LogP contribution >= 0.6 is 0 Å². The maximum atomic E-state index is 15.4. The summed E-state index contributed by atoms with van der Waals surface area (Å²) in [5.74, 6) is -0.302. The molecule has 4 rings (SSSR count). The van der Waals surface area contributed by atoms with E-state index >= 15 is 4.39 Å². The van der Waals surface area contributed by atoms with Gasteiger partial charge in [-0.15, -0.1) is 0 Å². The van der Waals surface area contributed by atoms with Crippen molar-refractivity contribution in [3.8, 4) is 22.8 Å². The number of anilines is 2. The molecule has 182 valence electrons. The Labute approximate surface area is 201 Å². The highest BCUT2D eigenvalue weighted by atomic mass is 19.1. The number of halogens is 1. The van der Waals surface area contributed by atoms with Crippen LogP contribution in [0.15, 0.2) is 42.9 Å². The average Bonchev–Trinajstić information content (AvgIpc) is 3.28. The zero-order valence-electron chi connectivity index (χ0n) is 20.1. The fourth-order valence-electron chi connectivity index (χ4n) is 3.55. The number of ether oxygens (including phenoxy) is 2. The smallest absolute Gasteiger partial charge is 0.240 e. The molecule has 3 heterocycles. The summed E-state index contributed by atoms with van der Waals surface area (Å²) in [6.45, 7) is 3.50. The molecule has 4 aromatic rings. The molecule has 1 aromatic carbocycles. The van der Waals surface area contributed by atoms with E-state index in [1.807, 2.05) is 27.1 Å². The Morgan fingerprint density at radius 1 is 1.17 bits per heavy atom. The Morgan fingerprint density at radius 2 is 1.97 bits per heavy atom. The average molecular weight is 480 g/mol. The van der Waals surface area contributed by atoms with Crippen molar-refractivity contribution in [1.82, 2.24) is 30.0 Å². The van der Waals surface area contributed by atoms with Crippen molar-refractivity contribution in [3.63, 3.8) is 0 Å². The maximum Gasteiger partial charge on any atom is 0.240 e. The Bertz CT molecular complexity index is 1370. The Kier molecular flexibility index (Phi) is 6.76. The lowest BCUT2D eigenvalue weighted by molar-refractivity contribution is -0.120. The summed E-state index contributed by atoms with van der Waals surface area (Å²) in [5, 5.41) is 7.00. The lowest BCUT2D eigenvalue weighted by Gasteiger charge is -2.25. The number of hydrogen-bond acceptors (Lipinski definition) is 8. The second-order valence-corrected chi connectivity index (χ2v) is 8.14. The van der Waals surface area contributed by atoms with E-state index in [4.69, 9.17) is 9.47 Å². The number of fused-ring (bicyclic) bond motifs is 1. The molecule has 0 saturated heterocycles. The molecule has 0 unspecified atom stereocenters. The standard InChI is InChI=1S/C24H26FN7O3/c1-14(2)28-22(33)13-32(19-8-16(34-4)9-20(35-5)23(19)25)21-7-6-17-24(30-21)29-18(11-26-17)15-10-27-31(3)12-15/h6-12,14H,13H2,1-5H3,(H,28,33). The number of hydrogen-bond donors (Lipinski definition) is 1. The molecule has 11 heteroatoms. The number of benzene rings is 1. The van der Waals surface area contributed by atoms with Gasteiger partial charge in [-0.1, -0.05) is 0 Å². The van der Waals surface area contributed by atoms with E-state index in [2.05, 4.69) is 25.4 Å². The van der Waals surface area contributed by atoms with Gasteiger partial charge in [-0.05, 0) is 26.0 Å². The monoisotopic (exact) mass is 479 g/mol. The largest absolute Gasteiger partial charge is 0.497 e. The normalized spacial score (nSPS) is 11.1.